The molecule has 0 aromatic heterocycles. The van der Waals surface area contributed by atoms with Crippen molar-refractivity contribution in [2.45, 2.75) is 4.90 Å². The fraction of sp³-hybridized carbons (Fsp3) is 0. The summed E-state index contributed by atoms with van der Waals surface area (Å²) in [6, 6.07) is 5.77. The third-order valence-corrected chi connectivity index (χ3v) is 3.81. The van der Waals surface area contributed by atoms with Gasteiger partial charge in [0.2, 0.25) is 0 Å². The number of anilines is 1. The van der Waals surface area contributed by atoms with Gasteiger partial charge in [-0.05, 0) is 36.4 Å². The topological polar surface area (TPSA) is 66.4 Å². The summed E-state index contributed by atoms with van der Waals surface area (Å²) in [5.41, 5.74) is -0.711. The molecule has 0 saturated heterocycles. The highest BCUT2D eigenvalue weighted by Crippen LogP contribution is 2.23. The average Bonchev–Trinajstić information content (AvgIpc) is 2.40. The lowest BCUT2D eigenvalue weighted by Gasteiger charge is -2.09. The van der Waals surface area contributed by atoms with E-state index in [2.05, 4.69) is 0 Å². The van der Waals surface area contributed by atoms with Crippen LogP contribution >= 0.6 is 0 Å². The summed E-state index contributed by atoms with van der Waals surface area (Å²) in [7, 11) is -4.17. The first-order valence-electron chi connectivity index (χ1n) is 5.26. The first-order valence-corrected chi connectivity index (χ1v) is 6.75. The van der Waals surface area contributed by atoms with Gasteiger partial charge in [0, 0.05) is 0 Å². The van der Waals surface area contributed by atoms with E-state index in [9.17, 15) is 21.6 Å². The Morgan fingerprint density at radius 2 is 1.50 bits per heavy atom. The van der Waals surface area contributed by atoms with Crippen molar-refractivity contribution in [1.82, 2.24) is 0 Å². The molecule has 2 aromatic rings. The first kappa shape index (κ1) is 14.2. The zero-order valence-corrected chi connectivity index (χ0v) is 10.6. The van der Waals surface area contributed by atoms with Crippen LogP contribution in [0, 0.1) is 17.5 Å². The number of sulfonamides is 1. The Bertz CT molecular complexity index is 745. The summed E-state index contributed by atoms with van der Waals surface area (Å²) in [5, 5.41) is 9.06. The normalized spacial score (nSPS) is 11.3. The molecule has 8 heteroatoms. The summed E-state index contributed by atoms with van der Waals surface area (Å²) in [6.07, 6.45) is 0. The van der Waals surface area contributed by atoms with Crippen LogP contribution in [-0.4, -0.2) is 13.5 Å². The Balaban J connectivity index is 2.38. The summed E-state index contributed by atoms with van der Waals surface area (Å²) in [4.78, 5) is -0.264. The fourth-order valence-electron chi connectivity index (χ4n) is 1.43. The molecule has 0 spiro atoms. The van der Waals surface area contributed by atoms with Crippen molar-refractivity contribution in [2.75, 3.05) is 4.72 Å². The van der Waals surface area contributed by atoms with Gasteiger partial charge < -0.3 is 5.11 Å². The van der Waals surface area contributed by atoms with Crippen molar-refractivity contribution in [1.29, 1.82) is 0 Å². The van der Waals surface area contributed by atoms with E-state index in [-0.39, 0.29) is 10.6 Å². The third-order valence-electron chi connectivity index (χ3n) is 2.43. The molecule has 0 heterocycles. The Labute approximate surface area is 112 Å². The maximum absolute atomic E-state index is 13.4. The number of benzene rings is 2. The Morgan fingerprint density at radius 1 is 0.900 bits per heavy atom. The molecule has 0 saturated carbocycles. The summed E-state index contributed by atoms with van der Waals surface area (Å²) in [6.45, 7) is 0. The molecule has 0 amide bonds. The molecular formula is C12H8F3NO3S. The van der Waals surface area contributed by atoms with Crippen LogP contribution in [0.4, 0.5) is 18.9 Å². The molecule has 2 N–H and O–H groups in total. The predicted molar refractivity (Wildman–Crippen MR) is 65.2 cm³/mol. The molecule has 4 nitrogen and oxygen atoms in total. The fourth-order valence-corrected chi connectivity index (χ4v) is 2.49. The van der Waals surface area contributed by atoms with E-state index in [1.165, 1.54) is 0 Å². The molecule has 0 radical (unpaired) electrons. The van der Waals surface area contributed by atoms with E-state index in [0.29, 0.717) is 6.07 Å². The highest BCUT2D eigenvalue weighted by molar-refractivity contribution is 7.92. The van der Waals surface area contributed by atoms with E-state index in [4.69, 9.17) is 5.11 Å². The number of phenolic OH excluding ortho intramolecular Hbond substituents is 1. The van der Waals surface area contributed by atoms with Crippen molar-refractivity contribution in [3.8, 4) is 5.75 Å². The van der Waals surface area contributed by atoms with Gasteiger partial charge in [0.15, 0.2) is 17.5 Å². The number of phenols is 1. The van der Waals surface area contributed by atoms with Gasteiger partial charge in [-0.1, -0.05) is 0 Å². The molecule has 0 bridgehead atoms. The van der Waals surface area contributed by atoms with E-state index >= 15 is 0 Å². The molecule has 2 rings (SSSR count). The van der Waals surface area contributed by atoms with Crippen molar-refractivity contribution in [2.24, 2.45) is 0 Å². The van der Waals surface area contributed by atoms with Crippen molar-refractivity contribution >= 4 is 15.7 Å². The van der Waals surface area contributed by atoms with Crippen LogP contribution < -0.4 is 4.72 Å². The van der Waals surface area contributed by atoms with Crippen molar-refractivity contribution in [3.63, 3.8) is 0 Å². The van der Waals surface area contributed by atoms with Crippen LogP contribution in [0.5, 0.6) is 5.75 Å². The van der Waals surface area contributed by atoms with E-state index in [1.54, 1.807) is 4.72 Å². The summed E-state index contributed by atoms with van der Waals surface area (Å²) in [5.74, 6) is -4.97. The van der Waals surface area contributed by atoms with E-state index in [0.717, 1.165) is 30.3 Å². The monoisotopic (exact) mass is 303 g/mol. The van der Waals surface area contributed by atoms with Crippen molar-refractivity contribution in [3.05, 3.63) is 53.8 Å². The lowest BCUT2D eigenvalue weighted by Crippen LogP contribution is -2.14. The molecule has 106 valence electrons. The molecule has 20 heavy (non-hydrogen) atoms. The minimum atomic E-state index is -4.17. The number of hydrogen-bond acceptors (Lipinski definition) is 3. The molecular weight excluding hydrogens is 295 g/mol. The van der Waals surface area contributed by atoms with Gasteiger partial charge in [-0.25, -0.2) is 21.6 Å². The number of aromatic hydroxyl groups is 1. The third kappa shape index (κ3) is 2.69. The van der Waals surface area contributed by atoms with Gasteiger partial charge in [0.1, 0.15) is 5.75 Å². The molecule has 0 atom stereocenters. The van der Waals surface area contributed by atoms with Crippen LogP contribution in [0.2, 0.25) is 0 Å². The molecule has 0 aliphatic rings. The van der Waals surface area contributed by atoms with Gasteiger partial charge in [-0.15, -0.1) is 0 Å². The minimum absolute atomic E-state index is 0.150. The minimum Gasteiger partial charge on any atom is -0.508 e. The quantitative estimate of drug-likeness (QED) is 0.857. The Kier molecular flexibility index (Phi) is 3.58. The number of halogens is 3. The zero-order chi connectivity index (χ0) is 14.9. The van der Waals surface area contributed by atoms with Crippen LogP contribution in [0.25, 0.3) is 0 Å². The second-order valence-corrected chi connectivity index (χ2v) is 5.50. The summed E-state index contributed by atoms with van der Waals surface area (Å²) >= 11 is 0. The zero-order valence-electron chi connectivity index (χ0n) is 9.77. The summed E-state index contributed by atoms with van der Waals surface area (Å²) < 4.78 is 64.7. The van der Waals surface area contributed by atoms with Crippen LogP contribution in [0.15, 0.2) is 41.3 Å². The number of rotatable bonds is 3. The highest BCUT2D eigenvalue weighted by atomic mass is 32.2. The second-order valence-electron chi connectivity index (χ2n) is 3.82. The van der Waals surface area contributed by atoms with Gasteiger partial charge in [0.05, 0.1) is 10.6 Å². The predicted octanol–water partition coefficient (Wildman–Crippen LogP) is 2.61. The standard InChI is InChI=1S/C12H8F3NO3S/c13-9-5-6-10(12(15)11(9)14)16-20(18,19)8-3-1-7(17)2-4-8/h1-6,16-17H. The van der Waals surface area contributed by atoms with Crippen LogP contribution in [0.1, 0.15) is 0 Å². The number of nitrogens with one attached hydrogen (secondary N) is 1. The maximum Gasteiger partial charge on any atom is 0.261 e. The maximum atomic E-state index is 13.4. The van der Waals surface area contributed by atoms with Gasteiger partial charge in [-0.2, -0.15) is 0 Å². The first-order chi connectivity index (χ1) is 9.31. The molecule has 0 aliphatic heterocycles. The SMILES string of the molecule is O=S(=O)(Nc1ccc(F)c(F)c1F)c1ccc(O)cc1. The van der Waals surface area contributed by atoms with Crippen LogP contribution in [-0.2, 0) is 10.0 Å². The van der Waals surface area contributed by atoms with Gasteiger partial charge in [0.25, 0.3) is 10.0 Å². The molecule has 0 fully saturated rings. The van der Waals surface area contributed by atoms with Crippen LogP contribution in [0.3, 0.4) is 0 Å². The van der Waals surface area contributed by atoms with Crippen molar-refractivity contribution < 1.29 is 26.7 Å². The highest BCUT2D eigenvalue weighted by Gasteiger charge is 2.19. The van der Waals surface area contributed by atoms with E-state index in [1.807, 2.05) is 0 Å². The second kappa shape index (κ2) is 5.04. The van der Waals surface area contributed by atoms with Gasteiger partial charge in [-0.3, -0.25) is 4.72 Å². The molecule has 0 unspecified atom stereocenters. The molecule has 0 aliphatic carbocycles. The largest absolute Gasteiger partial charge is 0.508 e. The number of hydrogen-bond donors (Lipinski definition) is 2. The Morgan fingerprint density at radius 3 is 2.10 bits per heavy atom. The smallest absolute Gasteiger partial charge is 0.261 e. The lowest BCUT2D eigenvalue weighted by molar-refractivity contribution is 0.449. The molecule has 2 aromatic carbocycles. The van der Waals surface area contributed by atoms with Gasteiger partial charge >= 0.3 is 0 Å². The Hall–Kier alpha value is -2.22. The lowest BCUT2D eigenvalue weighted by atomic mass is 10.3. The average molecular weight is 303 g/mol. The van der Waals surface area contributed by atoms with E-state index < -0.39 is 33.2 Å².